The molecule has 0 bridgehead atoms. The lowest BCUT2D eigenvalue weighted by Gasteiger charge is -2.35. The molecule has 1 aromatic heterocycles. The van der Waals surface area contributed by atoms with Crippen LogP contribution in [0.5, 0.6) is 0 Å². The molecule has 0 spiro atoms. The van der Waals surface area contributed by atoms with Gasteiger partial charge in [-0.1, -0.05) is 0 Å². The van der Waals surface area contributed by atoms with Crippen LogP contribution >= 0.6 is 0 Å². The Balaban J connectivity index is 1.57. The summed E-state index contributed by atoms with van der Waals surface area (Å²) in [4.78, 5) is 13.3. The lowest BCUT2D eigenvalue weighted by molar-refractivity contribution is 0.247. The van der Waals surface area contributed by atoms with E-state index in [4.69, 9.17) is 5.84 Å². The van der Waals surface area contributed by atoms with Gasteiger partial charge in [0.25, 0.3) is 0 Å². The normalized spacial score (nSPS) is 21.1. The van der Waals surface area contributed by atoms with E-state index in [2.05, 4.69) is 25.2 Å². The van der Waals surface area contributed by atoms with Crippen molar-refractivity contribution in [1.82, 2.24) is 14.9 Å². The number of piperazine rings is 1. The maximum atomic E-state index is 5.33. The molecule has 0 unspecified atom stereocenters. The van der Waals surface area contributed by atoms with E-state index in [1.165, 1.54) is 19.4 Å². The third-order valence-electron chi connectivity index (χ3n) is 3.68. The third-order valence-corrected chi connectivity index (χ3v) is 3.68. The summed E-state index contributed by atoms with van der Waals surface area (Å²) in [6.07, 6.45) is 4.60. The topological polar surface area (TPSA) is 70.3 Å². The molecule has 6 heteroatoms. The quantitative estimate of drug-likeness (QED) is 0.590. The smallest absolute Gasteiger partial charge is 0.239 e. The molecule has 2 heterocycles. The minimum atomic E-state index is 0.480. The van der Waals surface area contributed by atoms with Crippen LogP contribution in [0.4, 0.5) is 11.8 Å². The van der Waals surface area contributed by atoms with E-state index in [9.17, 15) is 0 Å². The molecule has 3 N–H and O–H groups in total. The van der Waals surface area contributed by atoms with Crippen LogP contribution in [0.2, 0.25) is 0 Å². The van der Waals surface area contributed by atoms with Crippen molar-refractivity contribution in [3.05, 3.63) is 12.3 Å². The van der Waals surface area contributed by atoms with E-state index < -0.39 is 0 Å². The van der Waals surface area contributed by atoms with Crippen LogP contribution in [0.3, 0.4) is 0 Å². The van der Waals surface area contributed by atoms with Crippen LogP contribution in [0.15, 0.2) is 12.3 Å². The highest BCUT2D eigenvalue weighted by atomic mass is 15.3. The lowest BCUT2D eigenvalue weighted by atomic mass is 10.3. The Kier molecular flexibility index (Phi) is 3.29. The molecule has 0 aromatic carbocycles. The first-order valence-electron chi connectivity index (χ1n) is 6.62. The number of hydrogen-bond acceptors (Lipinski definition) is 6. The van der Waals surface area contributed by atoms with Gasteiger partial charge >= 0.3 is 0 Å². The van der Waals surface area contributed by atoms with Gasteiger partial charge in [-0.15, -0.1) is 0 Å². The second-order valence-corrected chi connectivity index (χ2v) is 5.11. The Morgan fingerprint density at radius 2 is 2.06 bits per heavy atom. The number of hydrogen-bond donors (Lipinski definition) is 2. The molecule has 1 saturated heterocycles. The predicted molar refractivity (Wildman–Crippen MR) is 71.2 cm³/mol. The average molecular weight is 248 g/mol. The largest absolute Gasteiger partial charge is 0.354 e. The summed E-state index contributed by atoms with van der Waals surface area (Å²) in [5.74, 6) is 7.75. The van der Waals surface area contributed by atoms with Gasteiger partial charge in [-0.2, -0.15) is 4.98 Å². The zero-order chi connectivity index (χ0) is 12.4. The number of hydrazine groups is 1. The van der Waals surface area contributed by atoms with Crippen molar-refractivity contribution >= 4 is 11.8 Å². The number of nitrogen functional groups attached to an aromatic ring is 1. The Hall–Kier alpha value is -1.40. The zero-order valence-corrected chi connectivity index (χ0v) is 10.5. The first-order chi connectivity index (χ1) is 8.85. The van der Waals surface area contributed by atoms with Crippen LogP contribution in [0, 0.1) is 5.92 Å². The van der Waals surface area contributed by atoms with Crippen LogP contribution in [0.1, 0.15) is 12.8 Å². The third kappa shape index (κ3) is 2.70. The van der Waals surface area contributed by atoms with E-state index in [1.807, 2.05) is 6.07 Å². The van der Waals surface area contributed by atoms with Gasteiger partial charge in [0.15, 0.2) is 0 Å². The Morgan fingerprint density at radius 1 is 1.28 bits per heavy atom. The Morgan fingerprint density at radius 3 is 2.72 bits per heavy atom. The first kappa shape index (κ1) is 11.7. The summed E-state index contributed by atoms with van der Waals surface area (Å²) < 4.78 is 0. The van der Waals surface area contributed by atoms with Crippen LogP contribution in [-0.4, -0.2) is 47.6 Å². The summed E-state index contributed by atoms with van der Waals surface area (Å²) in [6.45, 7) is 5.62. The fourth-order valence-corrected chi connectivity index (χ4v) is 2.42. The standard InChI is InChI=1S/C12H20N6/c13-16-12-14-4-3-11(15-12)18-7-5-17(6-8-18)9-10-1-2-10/h3-4,10H,1-2,5-9,13H2,(H,14,15,16). The maximum Gasteiger partial charge on any atom is 0.239 e. The van der Waals surface area contributed by atoms with Crippen molar-refractivity contribution < 1.29 is 0 Å². The Bertz CT molecular complexity index is 397. The van der Waals surface area contributed by atoms with Crippen molar-refractivity contribution in [3.63, 3.8) is 0 Å². The highest BCUT2D eigenvalue weighted by Crippen LogP contribution is 2.30. The molecular formula is C12H20N6. The molecule has 0 atom stereocenters. The molecule has 0 radical (unpaired) electrons. The van der Waals surface area contributed by atoms with Gasteiger partial charge in [-0.3, -0.25) is 10.3 Å². The number of rotatable bonds is 4. The summed E-state index contributed by atoms with van der Waals surface area (Å²) in [6, 6.07) is 1.94. The summed E-state index contributed by atoms with van der Waals surface area (Å²) in [7, 11) is 0. The van der Waals surface area contributed by atoms with Gasteiger partial charge in [0.1, 0.15) is 5.82 Å². The van der Waals surface area contributed by atoms with Gasteiger partial charge < -0.3 is 4.90 Å². The van der Waals surface area contributed by atoms with Crippen molar-refractivity contribution in [1.29, 1.82) is 0 Å². The van der Waals surface area contributed by atoms with Crippen LogP contribution in [0.25, 0.3) is 0 Å². The molecule has 2 fully saturated rings. The SMILES string of the molecule is NNc1nccc(N2CCN(CC3CC3)CC2)n1. The molecular weight excluding hydrogens is 228 g/mol. The molecule has 2 aliphatic rings. The van der Waals surface area contributed by atoms with Gasteiger partial charge in [-0.05, 0) is 24.8 Å². The van der Waals surface area contributed by atoms with Crippen molar-refractivity contribution in [3.8, 4) is 0 Å². The lowest BCUT2D eigenvalue weighted by Crippen LogP contribution is -2.47. The molecule has 1 aliphatic heterocycles. The van der Waals surface area contributed by atoms with E-state index in [0.29, 0.717) is 5.95 Å². The monoisotopic (exact) mass is 248 g/mol. The second kappa shape index (κ2) is 5.07. The van der Waals surface area contributed by atoms with Crippen molar-refractivity contribution in [2.24, 2.45) is 11.8 Å². The number of nitrogens with two attached hydrogens (primary N) is 1. The molecule has 1 saturated carbocycles. The minimum absolute atomic E-state index is 0.480. The van der Waals surface area contributed by atoms with E-state index in [0.717, 1.165) is 37.9 Å². The van der Waals surface area contributed by atoms with Gasteiger partial charge in [-0.25, -0.2) is 10.8 Å². The predicted octanol–water partition coefficient (Wildman–Crippen LogP) is 0.294. The van der Waals surface area contributed by atoms with Gasteiger partial charge in [0.05, 0.1) is 0 Å². The average Bonchev–Trinajstić information content (AvgIpc) is 3.24. The minimum Gasteiger partial charge on any atom is -0.354 e. The number of aromatic nitrogens is 2. The summed E-state index contributed by atoms with van der Waals surface area (Å²) in [5.41, 5.74) is 2.49. The van der Waals surface area contributed by atoms with Crippen LogP contribution in [-0.2, 0) is 0 Å². The molecule has 6 nitrogen and oxygen atoms in total. The van der Waals surface area contributed by atoms with Gasteiger partial charge in [0, 0.05) is 38.9 Å². The van der Waals surface area contributed by atoms with E-state index in [1.54, 1.807) is 6.20 Å². The summed E-state index contributed by atoms with van der Waals surface area (Å²) in [5, 5.41) is 0. The number of nitrogens with zero attached hydrogens (tertiary/aromatic N) is 4. The number of nitrogens with one attached hydrogen (secondary N) is 1. The Labute approximate surface area is 107 Å². The molecule has 18 heavy (non-hydrogen) atoms. The van der Waals surface area contributed by atoms with Crippen LogP contribution < -0.4 is 16.2 Å². The fraction of sp³-hybridized carbons (Fsp3) is 0.667. The van der Waals surface area contributed by atoms with E-state index in [-0.39, 0.29) is 0 Å². The highest BCUT2D eigenvalue weighted by Gasteiger charge is 2.26. The second-order valence-electron chi connectivity index (χ2n) is 5.11. The molecule has 1 aromatic rings. The molecule has 1 aliphatic carbocycles. The molecule has 98 valence electrons. The zero-order valence-electron chi connectivity index (χ0n) is 10.5. The summed E-state index contributed by atoms with van der Waals surface area (Å²) >= 11 is 0. The van der Waals surface area contributed by atoms with Gasteiger partial charge in [0.2, 0.25) is 5.95 Å². The maximum absolute atomic E-state index is 5.33. The molecule has 3 rings (SSSR count). The highest BCUT2D eigenvalue weighted by molar-refractivity contribution is 5.42. The molecule has 0 amide bonds. The fourth-order valence-electron chi connectivity index (χ4n) is 2.42. The first-order valence-corrected chi connectivity index (χ1v) is 6.62. The van der Waals surface area contributed by atoms with E-state index >= 15 is 0 Å². The van der Waals surface area contributed by atoms with Crippen molar-refractivity contribution in [2.75, 3.05) is 43.0 Å². The number of anilines is 2. The van der Waals surface area contributed by atoms with Crippen molar-refractivity contribution in [2.45, 2.75) is 12.8 Å².